The number of morpholine rings is 1. The van der Waals surface area contributed by atoms with Crippen LogP contribution in [0.3, 0.4) is 0 Å². The normalized spacial score (nSPS) is 25.7. The topological polar surface area (TPSA) is 205 Å². The molecule has 11 rings (SSSR count). The van der Waals surface area contributed by atoms with Crippen LogP contribution in [0.5, 0.6) is 5.88 Å². The van der Waals surface area contributed by atoms with Crippen LogP contribution < -0.4 is 24.6 Å². The number of piperidine rings is 1. The number of nitro benzene ring substituents is 1. The molecule has 4 aliphatic heterocycles. The third-order valence-corrected chi connectivity index (χ3v) is 18.0. The molecule has 2 aromatic heterocycles. The first-order valence-corrected chi connectivity index (χ1v) is 26.9. The van der Waals surface area contributed by atoms with E-state index in [0.717, 1.165) is 76.5 Å². The predicted octanol–water partition coefficient (Wildman–Crippen LogP) is 8.15. The van der Waals surface area contributed by atoms with E-state index in [0.29, 0.717) is 69.6 Å². The van der Waals surface area contributed by atoms with Crippen molar-refractivity contribution in [1.82, 2.24) is 19.6 Å². The van der Waals surface area contributed by atoms with E-state index < -0.39 is 49.0 Å². The Morgan fingerprint density at radius 2 is 1.75 bits per heavy atom. The molecule has 2 aliphatic carbocycles. The van der Waals surface area contributed by atoms with Gasteiger partial charge in [-0.2, -0.15) is 4.98 Å². The molecule has 4 N–H and O–H groups in total. The molecule has 0 unspecified atom stereocenters. The summed E-state index contributed by atoms with van der Waals surface area (Å²) in [5.41, 5.74) is 3.74. The quantitative estimate of drug-likeness (QED) is 0.0729. The lowest BCUT2D eigenvalue weighted by Gasteiger charge is -2.57. The summed E-state index contributed by atoms with van der Waals surface area (Å²) in [7, 11) is -4.67. The number of amides is 1. The summed E-state index contributed by atoms with van der Waals surface area (Å²) in [6.07, 6.45) is 8.40. The van der Waals surface area contributed by atoms with E-state index in [9.17, 15) is 28.4 Å². The van der Waals surface area contributed by atoms with Crippen LogP contribution in [-0.2, 0) is 19.5 Å². The number of carbonyl (C=O) groups is 1. The third kappa shape index (κ3) is 9.49. The number of pyridine rings is 1. The second kappa shape index (κ2) is 19.2. The number of nitro groups is 1. The van der Waals surface area contributed by atoms with Crippen LogP contribution in [0.15, 0.2) is 77.8 Å². The molecule has 19 heteroatoms. The van der Waals surface area contributed by atoms with Crippen LogP contribution in [-0.4, -0.2) is 116 Å². The molecule has 382 valence electrons. The number of aromatic amines is 1. The number of aromatic nitrogens is 2. The zero-order chi connectivity index (χ0) is 49.9. The van der Waals surface area contributed by atoms with Crippen molar-refractivity contribution in [1.29, 1.82) is 0 Å². The van der Waals surface area contributed by atoms with Crippen molar-refractivity contribution in [3.63, 3.8) is 0 Å². The fourth-order valence-electron chi connectivity index (χ4n) is 12.3. The van der Waals surface area contributed by atoms with Crippen molar-refractivity contribution < 1.29 is 41.8 Å². The van der Waals surface area contributed by atoms with Crippen molar-refractivity contribution in [2.24, 2.45) is 17.3 Å². The van der Waals surface area contributed by atoms with Crippen LogP contribution in [0.2, 0.25) is 0 Å². The molecule has 1 spiro atoms. The average molecular weight is 1010 g/mol. The monoisotopic (exact) mass is 1010 g/mol. The molecule has 3 atom stereocenters. The molecule has 3 aromatic carbocycles. The minimum atomic E-state index is -4.67. The Labute approximate surface area is 418 Å². The van der Waals surface area contributed by atoms with E-state index in [1.54, 1.807) is 19.1 Å². The number of anilines is 4. The van der Waals surface area contributed by atoms with E-state index in [1.807, 2.05) is 17.0 Å². The van der Waals surface area contributed by atoms with Gasteiger partial charge in [-0.05, 0) is 130 Å². The summed E-state index contributed by atoms with van der Waals surface area (Å²) < 4.78 is 64.3. The number of nitrogens with zero attached hydrogens (tertiary/aromatic N) is 5. The molecule has 2 saturated carbocycles. The molecule has 72 heavy (non-hydrogen) atoms. The van der Waals surface area contributed by atoms with Crippen molar-refractivity contribution >= 4 is 55.4 Å². The fourth-order valence-corrected chi connectivity index (χ4v) is 13.3. The second-order valence-corrected chi connectivity index (χ2v) is 23.0. The molecule has 3 saturated heterocycles. The molecule has 0 bridgehead atoms. The molecular formula is C53H63FN8O9S. The highest BCUT2D eigenvalue weighted by Crippen LogP contribution is 2.53. The Bertz CT molecular complexity index is 2980. The maximum Gasteiger partial charge on any atom is 0.293 e. The van der Waals surface area contributed by atoms with Crippen molar-refractivity contribution in [3.05, 3.63) is 106 Å². The van der Waals surface area contributed by atoms with Gasteiger partial charge in [-0.25, -0.2) is 17.5 Å². The third-order valence-electron chi connectivity index (χ3n) is 16.7. The Balaban J connectivity index is 0.878. The van der Waals surface area contributed by atoms with Gasteiger partial charge in [-0.1, -0.05) is 24.3 Å². The lowest BCUT2D eigenvalue weighted by Crippen LogP contribution is -2.57. The van der Waals surface area contributed by atoms with Gasteiger partial charge >= 0.3 is 0 Å². The maximum atomic E-state index is 15.4. The number of aliphatic hydroxyl groups is 1. The SMILES string of the molecule is Cc1ccccc1[C@@H]1COCCN1C1CC2(CCN(c3ccc(C(=O)NS(=O)(=O)c4ccc(NC[C@H]5CC[C@](C)(O)CC5)c([N+](=O)[O-])c4)c(N4C[C@@H]5CCOC[C@H]5Oc5nc6[nH]cc(F)c6cc54)c3)CC2)C1. The number of hydrogen-bond donors (Lipinski definition) is 4. The maximum absolute atomic E-state index is 15.4. The summed E-state index contributed by atoms with van der Waals surface area (Å²) >= 11 is 0. The van der Waals surface area contributed by atoms with E-state index in [1.165, 1.54) is 29.5 Å². The first-order valence-electron chi connectivity index (χ1n) is 25.4. The Kier molecular flexibility index (Phi) is 12.9. The highest BCUT2D eigenvalue weighted by Gasteiger charge is 2.50. The summed E-state index contributed by atoms with van der Waals surface area (Å²) in [6.45, 7) is 9.40. The summed E-state index contributed by atoms with van der Waals surface area (Å²) in [6, 6.07) is 19.9. The molecule has 17 nitrogen and oxygen atoms in total. The van der Waals surface area contributed by atoms with E-state index >= 15 is 4.39 Å². The van der Waals surface area contributed by atoms with E-state index in [-0.39, 0.29) is 51.5 Å². The number of carbonyl (C=O) groups excluding carboxylic acids is 1. The van der Waals surface area contributed by atoms with Gasteiger partial charge in [-0.15, -0.1) is 0 Å². The fraction of sp³-hybridized carbons (Fsp3) is 0.509. The second-order valence-electron chi connectivity index (χ2n) is 21.4. The number of nitrogens with one attached hydrogen (secondary N) is 3. The van der Waals surface area contributed by atoms with Crippen LogP contribution in [0.1, 0.15) is 92.2 Å². The first kappa shape index (κ1) is 48.4. The lowest BCUT2D eigenvalue weighted by molar-refractivity contribution is -0.384. The first-order chi connectivity index (χ1) is 34.6. The molecule has 5 aromatic rings. The minimum Gasteiger partial charge on any atom is -0.470 e. The van der Waals surface area contributed by atoms with Crippen molar-refractivity contribution in [3.8, 4) is 5.88 Å². The van der Waals surface area contributed by atoms with Gasteiger partial charge in [0.1, 0.15) is 28.9 Å². The highest BCUT2D eigenvalue weighted by atomic mass is 32.2. The number of hydrogen-bond acceptors (Lipinski definition) is 14. The molecule has 0 radical (unpaired) electrons. The molecular weight excluding hydrogens is 944 g/mol. The number of H-pyrrole nitrogens is 1. The summed E-state index contributed by atoms with van der Waals surface area (Å²) in [4.78, 5) is 40.4. The molecule has 6 heterocycles. The molecule has 5 fully saturated rings. The Morgan fingerprint density at radius 3 is 2.53 bits per heavy atom. The number of rotatable bonds is 11. The van der Waals surface area contributed by atoms with Crippen LogP contribution in [0, 0.1) is 40.1 Å². The molecule has 6 aliphatic rings. The van der Waals surface area contributed by atoms with Gasteiger partial charge in [0.2, 0.25) is 5.88 Å². The van der Waals surface area contributed by atoms with Crippen LogP contribution in [0.4, 0.5) is 32.8 Å². The Morgan fingerprint density at radius 1 is 0.972 bits per heavy atom. The van der Waals surface area contributed by atoms with Gasteiger partial charge < -0.3 is 39.4 Å². The van der Waals surface area contributed by atoms with Crippen LogP contribution in [0.25, 0.3) is 11.0 Å². The predicted molar refractivity (Wildman–Crippen MR) is 270 cm³/mol. The van der Waals surface area contributed by atoms with E-state index in [4.69, 9.17) is 19.2 Å². The number of fused-ring (bicyclic) bond motifs is 3. The highest BCUT2D eigenvalue weighted by molar-refractivity contribution is 7.90. The Hall–Kier alpha value is -5.86. The number of aryl methyl sites for hydroxylation is 1. The minimum absolute atomic E-state index is 0.0247. The largest absolute Gasteiger partial charge is 0.470 e. The zero-order valence-corrected chi connectivity index (χ0v) is 41.6. The smallest absolute Gasteiger partial charge is 0.293 e. The van der Waals surface area contributed by atoms with E-state index in [2.05, 4.69) is 56.0 Å². The number of benzene rings is 3. The van der Waals surface area contributed by atoms with Gasteiger partial charge in [0.05, 0.1) is 57.9 Å². The van der Waals surface area contributed by atoms with Gasteiger partial charge in [-0.3, -0.25) is 19.8 Å². The zero-order valence-electron chi connectivity index (χ0n) is 40.8. The van der Waals surface area contributed by atoms with Crippen molar-refractivity contribution in [2.75, 3.05) is 74.3 Å². The summed E-state index contributed by atoms with van der Waals surface area (Å²) in [5.74, 6) is -1.16. The van der Waals surface area contributed by atoms with Gasteiger partial charge in [0.15, 0.2) is 0 Å². The number of halogens is 1. The number of ether oxygens (including phenoxy) is 3. The van der Waals surface area contributed by atoms with Gasteiger partial charge in [0, 0.05) is 69.2 Å². The van der Waals surface area contributed by atoms with Crippen LogP contribution >= 0.6 is 0 Å². The molecule has 1 amide bonds. The number of sulfonamides is 1. The van der Waals surface area contributed by atoms with Gasteiger partial charge in [0.25, 0.3) is 21.6 Å². The van der Waals surface area contributed by atoms with Crippen molar-refractivity contribution in [2.45, 2.75) is 100 Å². The summed E-state index contributed by atoms with van der Waals surface area (Å²) in [5, 5.41) is 26.1. The standard InChI is InChI=1S/C53H63FN8O9S/c1-33-5-3-4-6-39(33)47-31-70-22-20-60(47)37-26-53(27-37)16-18-59(19-17-53)36-7-9-40(44(23-36)61-30-35-13-21-69-32-48(35)71-51-46(61)25-41-42(54)29-56-49(41)57-51)50(63)58-72(67,68)38-8-10-43(45(24-38)62(65)66)55-28-34-11-14-52(2,64)15-12-34/h3-10,23-25,29,34-35,37,47-48,55,64H,11-22,26-28,30-32H2,1-2H3,(H,56,57)(H,58,63)/t34-,35-,47-,48+,52-/m0/s1. The average Bonchev–Trinajstić information content (AvgIpc) is 3.63. The lowest BCUT2D eigenvalue weighted by atomic mass is 9.59.